The van der Waals surface area contributed by atoms with Gasteiger partial charge in [0, 0.05) is 30.7 Å². The van der Waals surface area contributed by atoms with Crippen molar-refractivity contribution in [3.8, 4) is 0 Å². The maximum Gasteiger partial charge on any atom is 0.416 e. The number of alkyl halides is 6. The van der Waals surface area contributed by atoms with Crippen molar-refractivity contribution in [2.75, 3.05) is 26.9 Å². The van der Waals surface area contributed by atoms with Crippen LogP contribution in [-0.2, 0) is 28.4 Å². The Morgan fingerprint density at radius 1 is 1.06 bits per heavy atom. The molecule has 0 radical (unpaired) electrons. The molecular formula is C20H20F6N2O4S. The summed E-state index contributed by atoms with van der Waals surface area (Å²) in [5.41, 5.74) is -3.97. The Hall–Kier alpha value is -2.67. The second kappa shape index (κ2) is 11.0. The van der Waals surface area contributed by atoms with Gasteiger partial charge >= 0.3 is 18.3 Å². The number of benzene rings is 1. The van der Waals surface area contributed by atoms with Crippen molar-refractivity contribution in [1.29, 1.82) is 0 Å². The summed E-state index contributed by atoms with van der Waals surface area (Å²) in [7, 11) is 1.15. The van der Waals surface area contributed by atoms with Crippen molar-refractivity contribution < 1.29 is 45.4 Å². The topological polar surface area (TPSA) is 68.7 Å². The lowest BCUT2D eigenvalue weighted by Crippen LogP contribution is -2.32. The summed E-state index contributed by atoms with van der Waals surface area (Å²) in [5, 5.41) is 1.62. The molecule has 1 aromatic carbocycles. The number of carbonyl (C=O) groups excluding carboxylic acids is 2. The zero-order chi connectivity index (χ0) is 24.8. The Morgan fingerprint density at radius 2 is 1.67 bits per heavy atom. The molecule has 0 atom stereocenters. The summed E-state index contributed by atoms with van der Waals surface area (Å²) in [5.74, 6) is -1.77. The van der Waals surface area contributed by atoms with Gasteiger partial charge in [0.1, 0.15) is 5.01 Å². The van der Waals surface area contributed by atoms with E-state index in [9.17, 15) is 35.9 Å². The molecule has 0 saturated heterocycles. The number of hydrogen-bond donors (Lipinski definition) is 0. The smallest absolute Gasteiger partial charge is 0.416 e. The van der Waals surface area contributed by atoms with E-state index in [1.165, 1.54) is 5.38 Å². The van der Waals surface area contributed by atoms with Gasteiger partial charge in [-0.15, -0.1) is 11.3 Å². The molecule has 0 N–H and O–H groups in total. The lowest BCUT2D eigenvalue weighted by Gasteiger charge is -2.23. The van der Waals surface area contributed by atoms with E-state index in [-0.39, 0.29) is 42.9 Å². The normalized spacial score (nSPS) is 12.0. The van der Waals surface area contributed by atoms with Crippen LogP contribution in [0.15, 0.2) is 23.6 Å². The SMILES string of the molecule is CCOCCCN(Cc1nc(C(=O)OC)cs1)C(=O)c1cc(C(F)(F)F)cc(C(F)(F)F)c1. The minimum absolute atomic E-state index is 0.0242. The van der Waals surface area contributed by atoms with E-state index in [1.807, 2.05) is 0 Å². The van der Waals surface area contributed by atoms with Crippen LogP contribution < -0.4 is 0 Å². The highest BCUT2D eigenvalue weighted by molar-refractivity contribution is 7.09. The van der Waals surface area contributed by atoms with E-state index in [0.717, 1.165) is 23.3 Å². The monoisotopic (exact) mass is 498 g/mol. The number of carbonyl (C=O) groups is 2. The fourth-order valence-electron chi connectivity index (χ4n) is 2.76. The molecule has 0 bridgehead atoms. The van der Waals surface area contributed by atoms with Gasteiger partial charge in [-0.05, 0) is 31.5 Å². The number of methoxy groups -OCH3 is 1. The molecule has 0 saturated carbocycles. The van der Waals surface area contributed by atoms with Gasteiger partial charge in [-0.2, -0.15) is 26.3 Å². The number of nitrogens with zero attached hydrogens (tertiary/aromatic N) is 2. The molecule has 2 aromatic rings. The molecule has 1 aromatic heterocycles. The highest BCUT2D eigenvalue weighted by Gasteiger charge is 2.38. The Morgan fingerprint density at radius 3 is 2.18 bits per heavy atom. The van der Waals surface area contributed by atoms with Crippen molar-refractivity contribution in [1.82, 2.24) is 9.88 Å². The average Bonchev–Trinajstić information content (AvgIpc) is 3.22. The number of hydrogen-bond acceptors (Lipinski definition) is 6. The predicted octanol–water partition coefficient (Wildman–Crippen LogP) is 5.04. The third-order valence-electron chi connectivity index (χ3n) is 4.32. The first-order valence-corrected chi connectivity index (χ1v) is 10.4. The standard InChI is InChI=1S/C20H20F6N2O4S/c1-3-32-6-4-5-28(10-16-27-15(11-33-16)18(30)31-2)17(29)12-7-13(19(21,22)23)9-14(8-12)20(24,25)26/h7-9,11H,3-6,10H2,1-2H3. The van der Waals surface area contributed by atoms with Crippen molar-refractivity contribution in [3.63, 3.8) is 0 Å². The molecule has 6 nitrogen and oxygen atoms in total. The lowest BCUT2D eigenvalue weighted by atomic mass is 10.0. The van der Waals surface area contributed by atoms with Crippen molar-refractivity contribution in [2.24, 2.45) is 0 Å². The van der Waals surface area contributed by atoms with Crippen LogP contribution >= 0.6 is 11.3 Å². The number of halogens is 6. The van der Waals surface area contributed by atoms with E-state index in [1.54, 1.807) is 6.92 Å². The summed E-state index contributed by atoms with van der Waals surface area (Å²) < 4.78 is 88.9. The zero-order valence-corrected chi connectivity index (χ0v) is 18.4. The highest BCUT2D eigenvalue weighted by atomic mass is 32.1. The summed E-state index contributed by atoms with van der Waals surface area (Å²) >= 11 is 0.996. The first-order valence-electron chi connectivity index (χ1n) is 9.56. The molecule has 0 fully saturated rings. The zero-order valence-electron chi connectivity index (χ0n) is 17.5. The van der Waals surface area contributed by atoms with Gasteiger partial charge in [-0.3, -0.25) is 4.79 Å². The fraction of sp³-hybridized carbons (Fsp3) is 0.450. The number of esters is 1. The summed E-state index contributed by atoms with van der Waals surface area (Å²) in [4.78, 5) is 29.7. The van der Waals surface area contributed by atoms with Gasteiger partial charge in [0.2, 0.25) is 0 Å². The molecule has 0 aliphatic heterocycles. The number of rotatable bonds is 9. The first kappa shape index (κ1) is 26.6. The lowest BCUT2D eigenvalue weighted by molar-refractivity contribution is -0.143. The predicted molar refractivity (Wildman–Crippen MR) is 106 cm³/mol. The molecule has 13 heteroatoms. The van der Waals surface area contributed by atoms with Gasteiger partial charge in [0.05, 0.1) is 24.8 Å². The van der Waals surface area contributed by atoms with Crippen molar-refractivity contribution in [3.05, 3.63) is 51.0 Å². The van der Waals surface area contributed by atoms with Gasteiger partial charge in [0.15, 0.2) is 5.69 Å². The number of aromatic nitrogens is 1. The Bertz CT molecular complexity index is 942. The van der Waals surface area contributed by atoms with Gasteiger partial charge < -0.3 is 14.4 Å². The van der Waals surface area contributed by atoms with Crippen molar-refractivity contribution in [2.45, 2.75) is 32.2 Å². The molecule has 0 spiro atoms. The van der Waals surface area contributed by atoms with Crippen LogP contribution in [0.4, 0.5) is 26.3 Å². The second-order valence-corrected chi connectivity index (χ2v) is 7.63. The average molecular weight is 498 g/mol. The van der Waals surface area contributed by atoms with E-state index in [2.05, 4.69) is 9.72 Å². The third kappa shape index (κ3) is 7.42. The van der Waals surface area contributed by atoms with E-state index in [0.29, 0.717) is 18.7 Å². The molecule has 2 rings (SSSR count). The molecule has 1 heterocycles. The summed E-state index contributed by atoms with van der Waals surface area (Å²) in [6.45, 7) is 2.11. The van der Waals surface area contributed by atoms with Crippen LogP contribution in [0, 0.1) is 0 Å². The van der Waals surface area contributed by atoms with Gasteiger partial charge in [0.25, 0.3) is 5.91 Å². The molecule has 33 heavy (non-hydrogen) atoms. The summed E-state index contributed by atoms with van der Waals surface area (Å²) in [6.07, 6.45) is -9.89. The Balaban J connectivity index is 2.40. The molecule has 1 amide bonds. The molecule has 182 valence electrons. The number of thiazole rings is 1. The van der Waals surface area contributed by atoms with Gasteiger partial charge in [-0.25, -0.2) is 9.78 Å². The van der Waals surface area contributed by atoms with E-state index >= 15 is 0 Å². The Labute approximate surface area is 189 Å². The van der Waals surface area contributed by atoms with Crippen LogP contribution in [0.1, 0.15) is 50.3 Å². The van der Waals surface area contributed by atoms with Crippen LogP contribution in [0.25, 0.3) is 0 Å². The largest absolute Gasteiger partial charge is 0.464 e. The fourth-order valence-corrected chi connectivity index (χ4v) is 3.54. The number of amides is 1. The van der Waals surface area contributed by atoms with Crippen molar-refractivity contribution >= 4 is 23.2 Å². The van der Waals surface area contributed by atoms with E-state index < -0.39 is 40.9 Å². The molecule has 0 unspecified atom stereocenters. The Kier molecular flexibility index (Phi) is 8.83. The quantitative estimate of drug-likeness (QED) is 0.275. The number of ether oxygens (including phenoxy) is 2. The van der Waals surface area contributed by atoms with Crippen LogP contribution in [-0.4, -0.2) is 48.6 Å². The minimum Gasteiger partial charge on any atom is -0.464 e. The summed E-state index contributed by atoms with van der Waals surface area (Å²) in [6, 6.07) is 0.726. The highest BCUT2D eigenvalue weighted by Crippen LogP contribution is 2.36. The maximum atomic E-state index is 13.2. The van der Waals surface area contributed by atoms with E-state index in [4.69, 9.17) is 4.74 Å². The molecule has 0 aliphatic rings. The third-order valence-corrected chi connectivity index (χ3v) is 5.15. The molecular weight excluding hydrogens is 478 g/mol. The van der Waals surface area contributed by atoms with Crippen LogP contribution in [0.2, 0.25) is 0 Å². The van der Waals surface area contributed by atoms with Gasteiger partial charge in [-0.1, -0.05) is 0 Å². The molecule has 0 aliphatic carbocycles. The maximum absolute atomic E-state index is 13.2. The second-order valence-electron chi connectivity index (χ2n) is 6.69. The minimum atomic E-state index is -5.08. The first-order chi connectivity index (χ1) is 15.4. The van der Waals surface area contributed by atoms with Crippen LogP contribution in [0.3, 0.4) is 0 Å². The van der Waals surface area contributed by atoms with Crippen LogP contribution in [0.5, 0.6) is 0 Å².